The van der Waals surface area contributed by atoms with Crippen molar-refractivity contribution in [1.82, 2.24) is 4.31 Å². The number of sulfonamides is 1. The predicted octanol–water partition coefficient (Wildman–Crippen LogP) is 0.452. The first kappa shape index (κ1) is 15.9. The Morgan fingerprint density at radius 2 is 2.05 bits per heavy atom. The summed E-state index contributed by atoms with van der Waals surface area (Å²) in [6.45, 7) is 4.45. The van der Waals surface area contributed by atoms with E-state index in [2.05, 4.69) is 0 Å². The average Bonchev–Trinajstić information content (AvgIpc) is 2.41. The van der Waals surface area contributed by atoms with Gasteiger partial charge in [-0.2, -0.15) is 4.31 Å². The molecule has 2 atom stereocenters. The van der Waals surface area contributed by atoms with Gasteiger partial charge < -0.3 is 11.5 Å². The van der Waals surface area contributed by atoms with Crippen molar-refractivity contribution in [3.8, 4) is 0 Å². The van der Waals surface area contributed by atoms with Crippen LogP contribution in [0.3, 0.4) is 0 Å². The Bertz CT molecular complexity index is 657. The Hall–Kier alpha value is -1.44. The minimum absolute atomic E-state index is 0.0237. The van der Waals surface area contributed by atoms with Crippen molar-refractivity contribution in [3.63, 3.8) is 0 Å². The van der Waals surface area contributed by atoms with Crippen molar-refractivity contribution in [2.45, 2.75) is 31.2 Å². The summed E-state index contributed by atoms with van der Waals surface area (Å²) >= 11 is 0. The van der Waals surface area contributed by atoms with E-state index < -0.39 is 15.9 Å². The van der Waals surface area contributed by atoms with Crippen molar-refractivity contribution >= 4 is 15.9 Å². The summed E-state index contributed by atoms with van der Waals surface area (Å²) in [5.74, 6) is -0.520. The van der Waals surface area contributed by atoms with Gasteiger partial charge in [-0.3, -0.25) is 4.79 Å². The summed E-state index contributed by atoms with van der Waals surface area (Å²) in [5.41, 5.74) is 12.1. The molecule has 116 valence electrons. The molecule has 2 rings (SSSR count). The second-order valence-electron chi connectivity index (χ2n) is 5.63. The molecule has 1 aromatic rings. The standard InChI is InChI=1S/C14H21N3O3S/c1-9-3-4-11(7-12(9)14(16)18)21(19,20)17-6-5-13(15)10(2)8-17/h3-4,7,10,13H,5-6,8,15H2,1-2H3,(H2,16,18). The van der Waals surface area contributed by atoms with Gasteiger partial charge in [0.05, 0.1) is 4.90 Å². The molecule has 0 bridgehead atoms. The molecule has 0 aromatic heterocycles. The predicted molar refractivity (Wildman–Crippen MR) is 80.2 cm³/mol. The Morgan fingerprint density at radius 1 is 1.38 bits per heavy atom. The monoisotopic (exact) mass is 311 g/mol. The SMILES string of the molecule is Cc1ccc(S(=O)(=O)N2CCC(N)C(C)C2)cc1C(N)=O. The lowest BCUT2D eigenvalue weighted by Gasteiger charge is -2.34. The van der Waals surface area contributed by atoms with Crippen LogP contribution in [-0.4, -0.2) is 37.8 Å². The van der Waals surface area contributed by atoms with E-state index in [0.717, 1.165) is 0 Å². The number of rotatable bonds is 3. The zero-order valence-electron chi connectivity index (χ0n) is 12.2. The molecule has 1 amide bonds. The molecule has 0 saturated carbocycles. The lowest BCUT2D eigenvalue weighted by Crippen LogP contribution is -2.48. The van der Waals surface area contributed by atoms with Crippen LogP contribution in [0.1, 0.15) is 29.3 Å². The van der Waals surface area contributed by atoms with Crippen LogP contribution in [0.15, 0.2) is 23.1 Å². The lowest BCUT2D eigenvalue weighted by atomic mass is 9.96. The molecule has 7 heteroatoms. The Labute approximate surface area is 125 Å². The number of aryl methyl sites for hydroxylation is 1. The van der Waals surface area contributed by atoms with Crippen LogP contribution in [0.4, 0.5) is 0 Å². The third-order valence-corrected chi connectivity index (χ3v) is 5.91. The van der Waals surface area contributed by atoms with Crippen molar-refractivity contribution in [3.05, 3.63) is 29.3 Å². The number of primary amides is 1. The quantitative estimate of drug-likeness (QED) is 0.845. The number of hydrogen-bond donors (Lipinski definition) is 2. The average molecular weight is 311 g/mol. The summed E-state index contributed by atoms with van der Waals surface area (Å²) in [5, 5.41) is 0. The maximum Gasteiger partial charge on any atom is 0.249 e. The van der Waals surface area contributed by atoms with Gasteiger partial charge in [-0.15, -0.1) is 0 Å². The molecule has 21 heavy (non-hydrogen) atoms. The number of hydrogen-bond acceptors (Lipinski definition) is 4. The number of nitrogens with two attached hydrogens (primary N) is 2. The van der Waals surface area contributed by atoms with Crippen LogP contribution in [0.2, 0.25) is 0 Å². The van der Waals surface area contributed by atoms with Gasteiger partial charge in [0.15, 0.2) is 0 Å². The number of amides is 1. The molecule has 2 unspecified atom stereocenters. The maximum atomic E-state index is 12.7. The van der Waals surface area contributed by atoms with Crippen LogP contribution in [-0.2, 0) is 10.0 Å². The highest BCUT2D eigenvalue weighted by Gasteiger charge is 2.32. The highest BCUT2D eigenvalue weighted by molar-refractivity contribution is 7.89. The minimum Gasteiger partial charge on any atom is -0.366 e. The number of nitrogens with zero attached hydrogens (tertiary/aromatic N) is 1. The molecule has 0 radical (unpaired) electrons. The highest BCUT2D eigenvalue weighted by atomic mass is 32.2. The number of carbonyl (C=O) groups is 1. The molecule has 1 aliphatic rings. The van der Waals surface area contributed by atoms with Crippen LogP contribution in [0.25, 0.3) is 0 Å². The number of piperidine rings is 1. The van der Waals surface area contributed by atoms with Gasteiger partial charge >= 0.3 is 0 Å². The van der Waals surface area contributed by atoms with Gasteiger partial charge in [0.25, 0.3) is 0 Å². The largest absolute Gasteiger partial charge is 0.366 e. The number of carbonyl (C=O) groups excluding carboxylic acids is 1. The van der Waals surface area contributed by atoms with E-state index in [4.69, 9.17) is 11.5 Å². The van der Waals surface area contributed by atoms with Gasteiger partial charge in [0.1, 0.15) is 0 Å². The molecule has 1 heterocycles. The van der Waals surface area contributed by atoms with Crippen molar-refractivity contribution < 1.29 is 13.2 Å². The van der Waals surface area contributed by atoms with Gasteiger partial charge in [-0.1, -0.05) is 13.0 Å². The number of benzene rings is 1. The zero-order valence-corrected chi connectivity index (χ0v) is 13.1. The molecule has 1 saturated heterocycles. The highest BCUT2D eigenvalue weighted by Crippen LogP contribution is 2.24. The molecular formula is C14H21N3O3S. The van der Waals surface area contributed by atoms with Gasteiger partial charge in [0, 0.05) is 24.7 Å². The fourth-order valence-electron chi connectivity index (χ4n) is 2.52. The van der Waals surface area contributed by atoms with Gasteiger partial charge in [0.2, 0.25) is 15.9 Å². The topological polar surface area (TPSA) is 106 Å². The van der Waals surface area contributed by atoms with Crippen LogP contribution >= 0.6 is 0 Å². The molecule has 0 aliphatic carbocycles. The van der Waals surface area contributed by atoms with Crippen molar-refractivity contribution in [2.24, 2.45) is 17.4 Å². The smallest absolute Gasteiger partial charge is 0.249 e. The summed E-state index contributed by atoms with van der Waals surface area (Å²) < 4.78 is 26.7. The zero-order chi connectivity index (χ0) is 15.8. The van der Waals surface area contributed by atoms with Gasteiger partial charge in [-0.05, 0) is 37.0 Å². The fraction of sp³-hybridized carbons (Fsp3) is 0.500. The Balaban J connectivity index is 2.36. The molecule has 6 nitrogen and oxygen atoms in total. The summed E-state index contributed by atoms with van der Waals surface area (Å²) in [4.78, 5) is 11.5. The molecule has 1 aromatic carbocycles. The first-order chi connectivity index (χ1) is 9.73. The Morgan fingerprint density at radius 3 is 2.62 bits per heavy atom. The van der Waals surface area contributed by atoms with E-state index >= 15 is 0 Å². The van der Waals surface area contributed by atoms with Crippen molar-refractivity contribution in [2.75, 3.05) is 13.1 Å². The minimum atomic E-state index is -3.62. The summed E-state index contributed by atoms with van der Waals surface area (Å²) in [6, 6.07) is 4.49. The van der Waals surface area contributed by atoms with E-state index in [1.54, 1.807) is 13.0 Å². The first-order valence-electron chi connectivity index (χ1n) is 6.89. The third kappa shape index (κ3) is 3.09. The van der Waals surface area contributed by atoms with E-state index in [1.807, 2.05) is 6.92 Å². The lowest BCUT2D eigenvalue weighted by molar-refractivity contribution is 0.0999. The summed E-state index contributed by atoms with van der Waals surface area (Å²) in [7, 11) is -3.62. The molecular weight excluding hydrogens is 290 g/mol. The molecule has 0 spiro atoms. The first-order valence-corrected chi connectivity index (χ1v) is 8.33. The van der Waals surface area contributed by atoms with E-state index in [0.29, 0.717) is 25.1 Å². The van der Waals surface area contributed by atoms with Crippen LogP contribution < -0.4 is 11.5 Å². The van der Waals surface area contributed by atoms with Gasteiger partial charge in [-0.25, -0.2) is 8.42 Å². The fourth-order valence-corrected chi connectivity index (χ4v) is 4.10. The van der Waals surface area contributed by atoms with E-state index in [9.17, 15) is 13.2 Å². The van der Waals surface area contributed by atoms with Crippen molar-refractivity contribution in [1.29, 1.82) is 0 Å². The van der Waals surface area contributed by atoms with E-state index in [1.165, 1.54) is 16.4 Å². The van der Waals surface area contributed by atoms with E-state index in [-0.39, 0.29) is 22.4 Å². The second-order valence-corrected chi connectivity index (χ2v) is 7.57. The van der Waals surface area contributed by atoms with Crippen LogP contribution in [0, 0.1) is 12.8 Å². The maximum absolute atomic E-state index is 12.7. The molecule has 1 fully saturated rings. The Kier molecular flexibility index (Phi) is 4.36. The molecule has 1 aliphatic heterocycles. The second kappa shape index (κ2) is 5.75. The van der Waals surface area contributed by atoms with Crippen LogP contribution in [0.5, 0.6) is 0 Å². The normalized spacial score (nSPS) is 24.0. The summed E-state index contributed by atoms with van der Waals surface area (Å²) in [6.07, 6.45) is 0.634. The third-order valence-electron chi connectivity index (χ3n) is 4.05. The molecule has 4 N–H and O–H groups in total.